The molecule has 17 heavy (non-hydrogen) atoms. The van der Waals surface area contributed by atoms with Gasteiger partial charge in [0, 0.05) is 6.04 Å². The van der Waals surface area contributed by atoms with E-state index in [9.17, 15) is 0 Å². The van der Waals surface area contributed by atoms with Gasteiger partial charge in [-0.05, 0) is 80.1 Å². The van der Waals surface area contributed by atoms with Crippen molar-refractivity contribution in [3.05, 3.63) is 0 Å². The summed E-state index contributed by atoms with van der Waals surface area (Å²) in [6, 6.07) is 0.507. The molecule has 3 aliphatic rings. The van der Waals surface area contributed by atoms with Crippen LogP contribution in [0.5, 0.6) is 0 Å². The molecule has 98 valence electrons. The van der Waals surface area contributed by atoms with Gasteiger partial charge in [-0.15, -0.1) is 0 Å². The van der Waals surface area contributed by atoms with Gasteiger partial charge in [0.15, 0.2) is 0 Å². The Kier molecular flexibility index (Phi) is 4.01. The topological polar surface area (TPSA) is 26.0 Å². The Morgan fingerprint density at radius 1 is 1.00 bits per heavy atom. The van der Waals surface area contributed by atoms with Gasteiger partial charge in [0.05, 0.1) is 0 Å². The molecule has 1 saturated heterocycles. The maximum atomic E-state index is 6.41. The van der Waals surface area contributed by atoms with E-state index in [-0.39, 0.29) is 0 Å². The first-order chi connectivity index (χ1) is 8.31. The van der Waals surface area contributed by atoms with Crippen LogP contribution in [-0.2, 0) is 0 Å². The summed E-state index contributed by atoms with van der Waals surface area (Å²) in [7, 11) is 0. The molecule has 1 aliphatic heterocycles. The number of rotatable bonds is 4. The first kappa shape index (κ1) is 12.3. The van der Waals surface area contributed by atoms with E-state index >= 15 is 0 Å². The second kappa shape index (κ2) is 5.52. The number of hydrogen-bond acceptors (Lipinski definition) is 2. The van der Waals surface area contributed by atoms with Gasteiger partial charge in [-0.1, -0.05) is 6.42 Å². The lowest BCUT2D eigenvalue weighted by atomic mass is 9.82. The number of nitrogens with two attached hydrogens (primary N) is 1. The Balaban J connectivity index is 1.42. The highest BCUT2D eigenvalue weighted by atomic mass is 32.2. The normalized spacial score (nSPS) is 39.7. The monoisotopic (exact) mass is 253 g/mol. The first-order valence-electron chi connectivity index (χ1n) is 7.64. The van der Waals surface area contributed by atoms with Crippen LogP contribution in [0.25, 0.3) is 0 Å². The zero-order valence-corrected chi connectivity index (χ0v) is 11.8. The summed E-state index contributed by atoms with van der Waals surface area (Å²) in [5.74, 6) is 6.86. The van der Waals surface area contributed by atoms with E-state index in [1.54, 1.807) is 0 Å². The van der Waals surface area contributed by atoms with Crippen molar-refractivity contribution in [3.8, 4) is 0 Å². The molecule has 0 aromatic carbocycles. The largest absolute Gasteiger partial charge is 0.328 e. The van der Waals surface area contributed by atoms with Gasteiger partial charge in [-0.25, -0.2) is 0 Å². The summed E-state index contributed by atoms with van der Waals surface area (Å²) in [4.78, 5) is 0. The van der Waals surface area contributed by atoms with Crippen LogP contribution >= 0.6 is 11.8 Å². The van der Waals surface area contributed by atoms with Gasteiger partial charge in [0.1, 0.15) is 0 Å². The predicted octanol–water partition coefficient (Wildman–Crippen LogP) is 3.67. The first-order valence-corrected chi connectivity index (χ1v) is 8.80. The lowest BCUT2D eigenvalue weighted by Gasteiger charge is -2.28. The number of thioether (sulfide) groups is 1. The van der Waals surface area contributed by atoms with Crippen LogP contribution in [0.3, 0.4) is 0 Å². The van der Waals surface area contributed by atoms with Gasteiger partial charge < -0.3 is 5.73 Å². The highest BCUT2D eigenvalue weighted by Crippen LogP contribution is 2.50. The Bertz CT molecular complexity index is 249. The fourth-order valence-corrected chi connectivity index (χ4v) is 5.76. The van der Waals surface area contributed by atoms with E-state index in [0.717, 1.165) is 23.7 Å². The molecule has 2 bridgehead atoms. The summed E-state index contributed by atoms with van der Waals surface area (Å²) in [6.45, 7) is 0. The average molecular weight is 253 g/mol. The molecule has 0 radical (unpaired) electrons. The molecule has 0 spiro atoms. The van der Waals surface area contributed by atoms with Crippen molar-refractivity contribution in [1.29, 1.82) is 0 Å². The van der Waals surface area contributed by atoms with Gasteiger partial charge in [-0.3, -0.25) is 0 Å². The van der Waals surface area contributed by atoms with E-state index in [2.05, 4.69) is 11.8 Å². The summed E-state index contributed by atoms with van der Waals surface area (Å²) in [5.41, 5.74) is 6.41. The third-order valence-electron chi connectivity index (χ3n) is 5.47. The molecule has 0 aromatic heterocycles. The molecule has 4 unspecified atom stereocenters. The number of hydrogen-bond donors (Lipinski definition) is 1. The second-order valence-electron chi connectivity index (χ2n) is 6.72. The third-order valence-corrected chi connectivity index (χ3v) is 6.52. The predicted molar refractivity (Wildman–Crippen MR) is 76.2 cm³/mol. The van der Waals surface area contributed by atoms with Crippen molar-refractivity contribution >= 4 is 11.8 Å². The zero-order chi connectivity index (χ0) is 11.7. The molecule has 1 nitrogen and oxygen atoms in total. The molecular weight excluding hydrogens is 226 g/mol. The Morgan fingerprint density at radius 2 is 1.82 bits per heavy atom. The fraction of sp³-hybridized carbons (Fsp3) is 1.00. The molecule has 4 atom stereocenters. The van der Waals surface area contributed by atoms with Crippen LogP contribution in [0.4, 0.5) is 0 Å². The molecule has 0 amide bonds. The molecule has 2 heteroatoms. The van der Waals surface area contributed by atoms with Gasteiger partial charge in [-0.2, -0.15) is 11.8 Å². The van der Waals surface area contributed by atoms with Gasteiger partial charge in [0.2, 0.25) is 0 Å². The van der Waals surface area contributed by atoms with E-state index in [4.69, 9.17) is 5.73 Å². The van der Waals surface area contributed by atoms with Crippen LogP contribution in [0, 0.1) is 23.7 Å². The van der Waals surface area contributed by atoms with Crippen LogP contribution in [-0.4, -0.2) is 17.5 Å². The standard InChI is InChI=1S/C15H27NS/c16-15(9-11-3-5-17-6-4-11)10-14-8-12-1-2-13(14)7-12/h11-15H,1-10,16H2. The second-order valence-corrected chi connectivity index (χ2v) is 7.95. The third kappa shape index (κ3) is 3.01. The highest BCUT2D eigenvalue weighted by Gasteiger charge is 2.39. The van der Waals surface area contributed by atoms with Crippen molar-refractivity contribution in [3.63, 3.8) is 0 Å². The number of fused-ring (bicyclic) bond motifs is 2. The minimum absolute atomic E-state index is 0.507. The molecule has 0 aromatic rings. The fourth-order valence-electron chi connectivity index (χ4n) is 4.56. The van der Waals surface area contributed by atoms with E-state index in [0.29, 0.717) is 6.04 Å². The smallest absolute Gasteiger partial charge is 0.00442 e. The molecule has 2 aliphatic carbocycles. The maximum Gasteiger partial charge on any atom is 0.00442 e. The Hall–Kier alpha value is 0.310. The lowest BCUT2D eigenvalue weighted by molar-refractivity contribution is 0.274. The van der Waals surface area contributed by atoms with E-state index in [1.807, 2.05) is 0 Å². The quantitative estimate of drug-likeness (QED) is 0.827. The SMILES string of the molecule is NC(CC1CCSCC1)CC1CC2CCC1C2. The summed E-state index contributed by atoms with van der Waals surface area (Å²) in [5, 5.41) is 0. The summed E-state index contributed by atoms with van der Waals surface area (Å²) < 4.78 is 0. The lowest BCUT2D eigenvalue weighted by Crippen LogP contribution is -2.29. The highest BCUT2D eigenvalue weighted by molar-refractivity contribution is 7.99. The molecule has 2 N–H and O–H groups in total. The molecule has 3 fully saturated rings. The van der Waals surface area contributed by atoms with E-state index < -0.39 is 0 Å². The Morgan fingerprint density at radius 3 is 2.47 bits per heavy atom. The average Bonchev–Trinajstić information content (AvgIpc) is 2.92. The molecule has 1 heterocycles. The minimum Gasteiger partial charge on any atom is -0.328 e. The van der Waals surface area contributed by atoms with Crippen molar-refractivity contribution in [2.45, 2.75) is 57.4 Å². The molecular formula is C15H27NS. The van der Waals surface area contributed by atoms with Crippen molar-refractivity contribution in [1.82, 2.24) is 0 Å². The van der Waals surface area contributed by atoms with Crippen LogP contribution < -0.4 is 5.73 Å². The summed E-state index contributed by atoms with van der Waals surface area (Å²) in [6.07, 6.45) is 11.6. The van der Waals surface area contributed by atoms with Gasteiger partial charge >= 0.3 is 0 Å². The summed E-state index contributed by atoms with van der Waals surface area (Å²) >= 11 is 2.13. The Labute approximate surface area is 110 Å². The van der Waals surface area contributed by atoms with Crippen molar-refractivity contribution in [2.24, 2.45) is 29.4 Å². The van der Waals surface area contributed by atoms with Crippen LogP contribution in [0.2, 0.25) is 0 Å². The zero-order valence-electron chi connectivity index (χ0n) is 10.9. The van der Waals surface area contributed by atoms with Gasteiger partial charge in [0.25, 0.3) is 0 Å². The minimum atomic E-state index is 0.507. The molecule has 3 rings (SSSR count). The van der Waals surface area contributed by atoms with Crippen LogP contribution in [0.15, 0.2) is 0 Å². The van der Waals surface area contributed by atoms with E-state index in [1.165, 1.54) is 62.9 Å². The maximum absolute atomic E-state index is 6.41. The van der Waals surface area contributed by atoms with Crippen LogP contribution in [0.1, 0.15) is 51.4 Å². The van der Waals surface area contributed by atoms with Crippen molar-refractivity contribution < 1.29 is 0 Å². The van der Waals surface area contributed by atoms with Crippen molar-refractivity contribution in [2.75, 3.05) is 11.5 Å². The molecule has 2 saturated carbocycles.